The second-order valence-electron chi connectivity index (χ2n) is 3.69. The Kier molecular flexibility index (Phi) is 3.33. The summed E-state index contributed by atoms with van der Waals surface area (Å²) in [4.78, 5) is 0. The second kappa shape index (κ2) is 4.74. The third kappa shape index (κ3) is 2.14. The number of hydrogen-bond donors (Lipinski definition) is 0. The van der Waals surface area contributed by atoms with Gasteiger partial charge in [-0.1, -0.05) is 22.9 Å². The van der Waals surface area contributed by atoms with Crippen LogP contribution in [0.5, 0.6) is 0 Å². The van der Waals surface area contributed by atoms with E-state index in [9.17, 15) is 0 Å². The van der Waals surface area contributed by atoms with Gasteiger partial charge in [-0.2, -0.15) is 4.68 Å². The largest absolute Gasteiger partial charge is 0.197 e. The van der Waals surface area contributed by atoms with Crippen molar-refractivity contribution in [3.8, 4) is 5.69 Å². The summed E-state index contributed by atoms with van der Waals surface area (Å²) in [7, 11) is 0. The molecule has 5 heteroatoms. The second-order valence-corrected chi connectivity index (χ2v) is 4.54. The van der Waals surface area contributed by atoms with Crippen LogP contribution in [-0.2, 0) is 6.42 Å². The van der Waals surface area contributed by atoms with Crippen LogP contribution in [0.4, 0.5) is 0 Å². The number of benzene rings is 1. The Morgan fingerprint density at radius 3 is 2.88 bits per heavy atom. The van der Waals surface area contributed by atoms with Crippen LogP contribution in [0.15, 0.2) is 22.7 Å². The Labute approximate surface area is 103 Å². The summed E-state index contributed by atoms with van der Waals surface area (Å²) in [6, 6.07) is 6.09. The molecule has 2 aromatic rings. The highest BCUT2D eigenvalue weighted by Gasteiger charge is 2.07. The Balaban J connectivity index is 2.42. The van der Waals surface area contributed by atoms with Crippen LogP contribution < -0.4 is 0 Å². The number of hydrogen-bond acceptors (Lipinski definition) is 3. The van der Waals surface area contributed by atoms with Gasteiger partial charge >= 0.3 is 0 Å². The first-order valence-corrected chi connectivity index (χ1v) is 6.05. The van der Waals surface area contributed by atoms with E-state index in [-0.39, 0.29) is 0 Å². The number of nitrogens with zero attached hydrogens (tertiary/aromatic N) is 4. The van der Waals surface area contributed by atoms with Crippen molar-refractivity contribution in [1.82, 2.24) is 20.2 Å². The Hall–Kier alpha value is -1.23. The predicted octanol–water partition coefficient (Wildman–Crippen LogP) is 2.69. The Bertz CT molecular complexity index is 492. The van der Waals surface area contributed by atoms with E-state index in [1.54, 1.807) is 4.68 Å². The number of tetrazole rings is 1. The van der Waals surface area contributed by atoms with Gasteiger partial charge in [-0.05, 0) is 47.5 Å². The molecule has 0 unspecified atom stereocenters. The van der Waals surface area contributed by atoms with Crippen molar-refractivity contribution in [3.05, 3.63) is 34.1 Å². The van der Waals surface area contributed by atoms with Gasteiger partial charge in [0.15, 0.2) is 5.82 Å². The van der Waals surface area contributed by atoms with E-state index in [0.29, 0.717) is 0 Å². The number of halogens is 1. The third-order valence-corrected chi connectivity index (χ3v) is 3.28. The minimum Gasteiger partial charge on any atom is -0.197 e. The summed E-state index contributed by atoms with van der Waals surface area (Å²) in [5.41, 5.74) is 2.18. The molecule has 2 rings (SSSR count). The lowest BCUT2D eigenvalue weighted by Crippen LogP contribution is -2.03. The first-order valence-electron chi connectivity index (χ1n) is 5.26. The molecule has 0 aliphatic heterocycles. The van der Waals surface area contributed by atoms with Gasteiger partial charge in [-0.25, -0.2) is 0 Å². The van der Waals surface area contributed by atoms with E-state index in [4.69, 9.17) is 0 Å². The van der Waals surface area contributed by atoms with E-state index in [1.165, 1.54) is 5.56 Å². The molecule has 0 spiro atoms. The van der Waals surface area contributed by atoms with Crippen LogP contribution in [0, 0.1) is 6.92 Å². The van der Waals surface area contributed by atoms with Crippen molar-refractivity contribution in [2.24, 2.45) is 0 Å². The average molecular weight is 281 g/mol. The van der Waals surface area contributed by atoms with Gasteiger partial charge in [0.05, 0.1) is 5.69 Å². The number of rotatable bonds is 3. The van der Waals surface area contributed by atoms with Crippen LogP contribution >= 0.6 is 15.9 Å². The van der Waals surface area contributed by atoms with E-state index in [1.807, 2.05) is 12.1 Å². The Morgan fingerprint density at radius 1 is 1.38 bits per heavy atom. The van der Waals surface area contributed by atoms with Crippen LogP contribution in [0.3, 0.4) is 0 Å². The average Bonchev–Trinajstić information content (AvgIpc) is 2.71. The van der Waals surface area contributed by atoms with E-state index in [0.717, 1.165) is 28.8 Å². The number of aromatic nitrogens is 4. The highest BCUT2D eigenvalue weighted by Crippen LogP contribution is 2.19. The fraction of sp³-hybridized carbons (Fsp3) is 0.364. The van der Waals surface area contributed by atoms with Gasteiger partial charge in [0.1, 0.15) is 0 Å². The highest BCUT2D eigenvalue weighted by molar-refractivity contribution is 9.10. The molecule has 0 bridgehead atoms. The van der Waals surface area contributed by atoms with Crippen molar-refractivity contribution in [3.63, 3.8) is 0 Å². The number of aryl methyl sites for hydroxylation is 2. The minimum atomic E-state index is 0.891. The molecule has 0 aliphatic rings. The van der Waals surface area contributed by atoms with Gasteiger partial charge < -0.3 is 0 Å². The maximum absolute atomic E-state index is 4.02. The van der Waals surface area contributed by atoms with Gasteiger partial charge in [0, 0.05) is 10.9 Å². The van der Waals surface area contributed by atoms with Crippen molar-refractivity contribution in [2.75, 3.05) is 0 Å². The lowest BCUT2D eigenvalue weighted by Gasteiger charge is -2.05. The lowest BCUT2D eigenvalue weighted by atomic mass is 10.2. The SMILES string of the molecule is CCCc1nnnn1-c1ccc(Br)c(C)c1. The van der Waals surface area contributed by atoms with Gasteiger partial charge in [-0.15, -0.1) is 5.10 Å². The molecule has 0 saturated carbocycles. The summed E-state index contributed by atoms with van der Waals surface area (Å²) in [5, 5.41) is 11.8. The van der Waals surface area contributed by atoms with Gasteiger partial charge in [0.25, 0.3) is 0 Å². The molecule has 0 aliphatic carbocycles. The van der Waals surface area contributed by atoms with Crippen molar-refractivity contribution in [1.29, 1.82) is 0 Å². The smallest absolute Gasteiger partial charge is 0.156 e. The summed E-state index contributed by atoms with van der Waals surface area (Å²) < 4.78 is 2.89. The molecule has 0 amide bonds. The fourth-order valence-electron chi connectivity index (χ4n) is 1.55. The molecular formula is C11H13BrN4. The summed E-state index contributed by atoms with van der Waals surface area (Å²) in [6.07, 6.45) is 1.93. The third-order valence-electron chi connectivity index (χ3n) is 2.39. The van der Waals surface area contributed by atoms with Gasteiger partial charge in [-0.3, -0.25) is 0 Å². The molecule has 16 heavy (non-hydrogen) atoms. The molecular weight excluding hydrogens is 268 g/mol. The van der Waals surface area contributed by atoms with Crippen molar-refractivity contribution >= 4 is 15.9 Å². The molecule has 4 nitrogen and oxygen atoms in total. The summed E-state index contributed by atoms with van der Waals surface area (Å²) in [6.45, 7) is 4.17. The minimum absolute atomic E-state index is 0.891. The summed E-state index contributed by atoms with van der Waals surface area (Å²) in [5.74, 6) is 0.907. The van der Waals surface area contributed by atoms with E-state index < -0.39 is 0 Å². The molecule has 0 fully saturated rings. The first-order chi connectivity index (χ1) is 7.72. The van der Waals surface area contributed by atoms with Crippen molar-refractivity contribution in [2.45, 2.75) is 26.7 Å². The van der Waals surface area contributed by atoms with Crippen molar-refractivity contribution < 1.29 is 0 Å². The molecule has 1 aromatic heterocycles. The molecule has 0 N–H and O–H groups in total. The fourth-order valence-corrected chi connectivity index (χ4v) is 1.79. The predicted molar refractivity (Wildman–Crippen MR) is 65.6 cm³/mol. The standard InChI is InChI=1S/C11H13BrN4/c1-3-4-11-13-14-15-16(11)9-5-6-10(12)8(2)7-9/h5-7H,3-4H2,1-2H3. The maximum Gasteiger partial charge on any atom is 0.156 e. The van der Waals surface area contributed by atoms with Gasteiger partial charge in [0.2, 0.25) is 0 Å². The summed E-state index contributed by atoms with van der Waals surface area (Å²) >= 11 is 3.48. The molecule has 0 atom stereocenters. The lowest BCUT2D eigenvalue weighted by molar-refractivity contribution is 0.744. The maximum atomic E-state index is 4.02. The van der Waals surface area contributed by atoms with E-state index in [2.05, 4.69) is 51.4 Å². The zero-order valence-corrected chi connectivity index (χ0v) is 10.9. The zero-order valence-electron chi connectivity index (χ0n) is 9.31. The molecule has 0 radical (unpaired) electrons. The van der Waals surface area contributed by atoms with Crippen LogP contribution in [0.2, 0.25) is 0 Å². The monoisotopic (exact) mass is 280 g/mol. The van der Waals surface area contributed by atoms with E-state index >= 15 is 0 Å². The molecule has 1 heterocycles. The van der Waals surface area contributed by atoms with Crippen LogP contribution in [0.25, 0.3) is 5.69 Å². The first kappa shape index (κ1) is 11.3. The van der Waals surface area contributed by atoms with Crippen LogP contribution in [0.1, 0.15) is 24.7 Å². The Morgan fingerprint density at radius 2 is 2.19 bits per heavy atom. The van der Waals surface area contributed by atoms with Crippen LogP contribution in [-0.4, -0.2) is 20.2 Å². The molecule has 0 saturated heterocycles. The highest BCUT2D eigenvalue weighted by atomic mass is 79.9. The normalized spacial score (nSPS) is 10.7. The zero-order chi connectivity index (χ0) is 11.5. The molecule has 84 valence electrons. The molecule has 1 aromatic carbocycles. The quantitative estimate of drug-likeness (QED) is 0.868. The topological polar surface area (TPSA) is 43.6 Å².